The van der Waals surface area contributed by atoms with E-state index in [-0.39, 0.29) is 30.3 Å². The second kappa shape index (κ2) is 8.96. The van der Waals surface area contributed by atoms with Crippen LogP contribution in [0, 0.1) is 0 Å². The number of hydrogen-bond donors (Lipinski definition) is 2. The summed E-state index contributed by atoms with van der Waals surface area (Å²) in [6, 6.07) is 23.4. The number of imide groups is 1. The van der Waals surface area contributed by atoms with Gasteiger partial charge >= 0.3 is 0 Å². The molecule has 7 rings (SSSR count). The molecule has 38 heavy (non-hydrogen) atoms. The van der Waals surface area contributed by atoms with Crippen molar-refractivity contribution in [2.24, 2.45) is 0 Å². The minimum atomic E-state index is -0.248. The molecule has 3 aliphatic heterocycles. The monoisotopic (exact) mass is 505 g/mol. The molecule has 0 saturated heterocycles. The zero-order valence-corrected chi connectivity index (χ0v) is 21.1. The van der Waals surface area contributed by atoms with Gasteiger partial charge in [0, 0.05) is 53.7 Å². The van der Waals surface area contributed by atoms with Crippen LogP contribution in [0.25, 0.3) is 10.9 Å². The zero-order chi connectivity index (χ0) is 25.8. The van der Waals surface area contributed by atoms with Gasteiger partial charge in [0.05, 0.1) is 24.2 Å². The van der Waals surface area contributed by atoms with Crippen molar-refractivity contribution in [3.05, 3.63) is 106 Å². The zero-order valence-electron chi connectivity index (χ0n) is 21.1. The van der Waals surface area contributed by atoms with Crippen molar-refractivity contribution in [1.82, 2.24) is 14.8 Å². The molecule has 2 atom stereocenters. The first-order valence-corrected chi connectivity index (χ1v) is 13.3. The Morgan fingerprint density at radius 3 is 2.42 bits per heavy atom. The molecule has 3 aliphatic rings. The average Bonchev–Trinajstić information content (AvgIpc) is 3.44. The van der Waals surface area contributed by atoms with Gasteiger partial charge in [0.25, 0.3) is 17.7 Å². The van der Waals surface area contributed by atoms with E-state index >= 15 is 0 Å². The molecule has 3 aromatic carbocycles. The highest BCUT2D eigenvalue weighted by Crippen LogP contribution is 2.29. The largest absolute Gasteiger partial charge is 0.358 e. The lowest BCUT2D eigenvalue weighted by Crippen LogP contribution is -3.15. The van der Waals surface area contributed by atoms with E-state index in [1.165, 1.54) is 27.1 Å². The standard InChI is InChI=1S/C31H28N4O3/c36-29(34-16-14-27-25(17-34)22-9-5-6-12-26(22)32-27)19-33-15-13-20-7-1-2-8-21(20)28(33)18-35-30(37)23-10-3-4-11-24(23)31(35)38/h1-12,28,32H,13-19H2/p+1/t28-/m0/s1. The lowest BCUT2D eigenvalue weighted by atomic mass is 9.92. The molecular formula is C31H29N4O3+. The fourth-order valence-electron chi connectivity index (χ4n) is 6.50. The van der Waals surface area contributed by atoms with Crippen LogP contribution < -0.4 is 4.90 Å². The van der Waals surface area contributed by atoms with Crippen molar-refractivity contribution in [3.8, 4) is 0 Å². The summed E-state index contributed by atoms with van der Waals surface area (Å²) in [4.78, 5) is 48.0. The Bertz CT molecular complexity index is 1570. The smallest absolute Gasteiger partial charge is 0.278 e. The maximum absolute atomic E-state index is 13.7. The van der Waals surface area contributed by atoms with E-state index in [9.17, 15) is 14.4 Å². The SMILES string of the molecule is O=C(C[NH+]1CCc2ccccc2[C@@H]1CN1C(=O)c2ccccc2C1=O)N1CCc2[nH]c3ccccc3c2C1. The fourth-order valence-corrected chi connectivity index (χ4v) is 6.50. The molecular weight excluding hydrogens is 476 g/mol. The van der Waals surface area contributed by atoms with Gasteiger partial charge in [0.15, 0.2) is 6.54 Å². The van der Waals surface area contributed by atoms with E-state index in [0.29, 0.717) is 30.8 Å². The first-order valence-electron chi connectivity index (χ1n) is 13.3. The van der Waals surface area contributed by atoms with E-state index in [0.717, 1.165) is 35.4 Å². The Morgan fingerprint density at radius 1 is 0.895 bits per heavy atom. The number of rotatable bonds is 4. The number of carbonyl (C=O) groups excluding carboxylic acids is 3. The third-order valence-electron chi connectivity index (χ3n) is 8.50. The first kappa shape index (κ1) is 22.9. The van der Waals surface area contributed by atoms with Gasteiger partial charge in [0.1, 0.15) is 6.04 Å². The van der Waals surface area contributed by atoms with Crippen LogP contribution in [0.4, 0.5) is 0 Å². The second-order valence-corrected chi connectivity index (χ2v) is 10.5. The maximum atomic E-state index is 13.7. The molecule has 1 unspecified atom stereocenters. The fraction of sp³-hybridized carbons (Fsp3) is 0.258. The number of H-pyrrole nitrogens is 1. The molecule has 7 heteroatoms. The highest BCUT2D eigenvalue weighted by molar-refractivity contribution is 6.21. The van der Waals surface area contributed by atoms with Crippen molar-refractivity contribution >= 4 is 28.6 Å². The molecule has 0 aliphatic carbocycles. The van der Waals surface area contributed by atoms with E-state index in [4.69, 9.17) is 0 Å². The number of amides is 3. The molecule has 2 N–H and O–H groups in total. The Kier molecular flexibility index (Phi) is 5.40. The number of benzene rings is 3. The molecule has 0 saturated carbocycles. The number of nitrogens with zero attached hydrogens (tertiary/aromatic N) is 2. The average molecular weight is 506 g/mol. The molecule has 0 radical (unpaired) electrons. The van der Waals surface area contributed by atoms with Crippen LogP contribution in [0.1, 0.15) is 49.1 Å². The van der Waals surface area contributed by atoms with Crippen molar-refractivity contribution in [2.45, 2.75) is 25.4 Å². The summed E-state index contributed by atoms with van der Waals surface area (Å²) in [6.07, 6.45) is 1.68. The second-order valence-electron chi connectivity index (χ2n) is 10.5. The normalized spacial score (nSPS) is 20.4. The highest BCUT2D eigenvalue weighted by Gasteiger charge is 2.41. The number of aromatic nitrogens is 1. The van der Waals surface area contributed by atoms with Crippen molar-refractivity contribution in [2.75, 3.05) is 26.2 Å². The van der Waals surface area contributed by atoms with Gasteiger partial charge in [-0.15, -0.1) is 0 Å². The molecule has 0 fully saturated rings. The van der Waals surface area contributed by atoms with E-state index in [2.05, 4.69) is 29.2 Å². The molecule has 4 aromatic rings. The van der Waals surface area contributed by atoms with Crippen LogP contribution in [-0.2, 0) is 24.2 Å². The van der Waals surface area contributed by atoms with Gasteiger partial charge < -0.3 is 14.8 Å². The Hall–Kier alpha value is -4.23. The molecule has 7 nitrogen and oxygen atoms in total. The van der Waals surface area contributed by atoms with Gasteiger partial charge in [-0.25, -0.2) is 0 Å². The van der Waals surface area contributed by atoms with Gasteiger partial charge in [-0.2, -0.15) is 0 Å². The number of carbonyl (C=O) groups is 3. The predicted molar refractivity (Wildman–Crippen MR) is 143 cm³/mol. The summed E-state index contributed by atoms with van der Waals surface area (Å²) in [7, 11) is 0. The highest BCUT2D eigenvalue weighted by atomic mass is 16.2. The number of aromatic amines is 1. The van der Waals surface area contributed by atoms with Crippen molar-refractivity contribution < 1.29 is 19.3 Å². The van der Waals surface area contributed by atoms with Crippen LogP contribution in [-0.4, -0.2) is 58.7 Å². The molecule has 4 heterocycles. The molecule has 3 amide bonds. The summed E-state index contributed by atoms with van der Waals surface area (Å²) in [5.74, 6) is -0.382. The summed E-state index contributed by atoms with van der Waals surface area (Å²) in [5.41, 5.74) is 6.82. The van der Waals surface area contributed by atoms with Crippen molar-refractivity contribution in [3.63, 3.8) is 0 Å². The van der Waals surface area contributed by atoms with Crippen LogP contribution in [0.15, 0.2) is 72.8 Å². The van der Waals surface area contributed by atoms with Crippen LogP contribution >= 0.6 is 0 Å². The molecule has 190 valence electrons. The summed E-state index contributed by atoms with van der Waals surface area (Å²) < 4.78 is 0. The number of fused-ring (bicyclic) bond motifs is 5. The minimum Gasteiger partial charge on any atom is -0.358 e. The number of para-hydroxylation sites is 1. The Morgan fingerprint density at radius 2 is 1.61 bits per heavy atom. The third kappa shape index (κ3) is 3.65. The van der Waals surface area contributed by atoms with E-state index in [1.807, 2.05) is 29.2 Å². The number of quaternary nitrogens is 1. The Labute approximate surface area is 220 Å². The Balaban J connectivity index is 1.14. The topological polar surface area (TPSA) is 77.9 Å². The third-order valence-corrected chi connectivity index (χ3v) is 8.50. The molecule has 0 bridgehead atoms. The van der Waals surface area contributed by atoms with Gasteiger partial charge in [-0.1, -0.05) is 54.6 Å². The summed E-state index contributed by atoms with van der Waals surface area (Å²) in [5, 5.41) is 1.18. The van der Waals surface area contributed by atoms with Crippen LogP contribution in [0.2, 0.25) is 0 Å². The first-order chi connectivity index (χ1) is 18.6. The molecule has 1 aromatic heterocycles. The summed E-state index contributed by atoms with van der Waals surface area (Å²) in [6.45, 7) is 2.66. The van der Waals surface area contributed by atoms with Crippen LogP contribution in [0.5, 0.6) is 0 Å². The van der Waals surface area contributed by atoms with Gasteiger partial charge in [-0.05, 0) is 23.8 Å². The van der Waals surface area contributed by atoms with Crippen LogP contribution in [0.3, 0.4) is 0 Å². The quantitative estimate of drug-likeness (QED) is 0.419. The predicted octanol–water partition coefficient (Wildman–Crippen LogP) is 2.53. The number of hydrogen-bond acceptors (Lipinski definition) is 3. The van der Waals surface area contributed by atoms with E-state index < -0.39 is 0 Å². The summed E-state index contributed by atoms with van der Waals surface area (Å²) >= 11 is 0. The van der Waals surface area contributed by atoms with E-state index in [1.54, 1.807) is 24.3 Å². The van der Waals surface area contributed by atoms with Gasteiger partial charge in [-0.3, -0.25) is 19.3 Å². The van der Waals surface area contributed by atoms with Gasteiger partial charge in [0.2, 0.25) is 0 Å². The van der Waals surface area contributed by atoms with Crippen molar-refractivity contribution in [1.29, 1.82) is 0 Å². The minimum absolute atomic E-state index is 0.114. The number of nitrogens with one attached hydrogen (secondary N) is 2. The maximum Gasteiger partial charge on any atom is 0.278 e. The lowest BCUT2D eigenvalue weighted by Gasteiger charge is -2.37. The molecule has 0 spiro atoms. The lowest BCUT2D eigenvalue weighted by molar-refractivity contribution is -0.925.